The molecule has 0 unspecified atom stereocenters. The third-order valence-corrected chi connectivity index (χ3v) is 5.02. The Bertz CT molecular complexity index is 1260. The first kappa shape index (κ1) is 21.9. The van der Waals surface area contributed by atoms with E-state index >= 15 is 0 Å². The summed E-state index contributed by atoms with van der Waals surface area (Å²) in [6.07, 6.45) is 1.81. The van der Waals surface area contributed by atoms with Gasteiger partial charge in [0.05, 0.1) is 19.2 Å². The van der Waals surface area contributed by atoms with Gasteiger partial charge in [0.2, 0.25) is 0 Å². The molecule has 0 fully saturated rings. The highest BCUT2D eigenvalue weighted by molar-refractivity contribution is 6.01. The Morgan fingerprint density at radius 1 is 1.03 bits per heavy atom. The Hall–Kier alpha value is -4.33. The van der Waals surface area contributed by atoms with E-state index in [1.165, 1.54) is 12.7 Å². The number of hydrogen-bond acceptors (Lipinski definition) is 6. The summed E-state index contributed by atoms with van der Waals surface area (Å²) in [6.45, 7) is 2.80. The van der Waals surface area contributed by atoms with Gasteiger partial charge in [-0.15, -0.1) is 0 Å². The van der Waals surface area contributed by atoms with Crippen LogP contribution in [0.1, 0.15) is 37.8 Å². The number of carbonyl (C=O) groups excluding carboxylic acids is 2. The van der Waals surface area contributed by atoms with Crippen molar-refractivity contribution in [2.75, 3.05) is 12.4 Å². The number of benzene rings is 2. The molecule has 0 saturated carbocycles. The van der Waals surface area contributed by atoms with Crippen molar-refractivity contribution in [1.82, 2.24) is 9.78 Å². The molecule has 1 N–H and O–H groups in total. The van der Waals surface area contributed by atoms with Crippen molar-refractivity contribution >= 4 is 17.7 Å². The van der Waals surface area contributed by atoms with Gasteiger partial charge in [-0.2, -0.15) is 5.10 Å². The van der Waals surface area contributed by atoms with Gasteiger partial charge in [-0.1, -0.05) is 24.3 Å². The van der Waals surface area contributed by atoms with Crippen LogP contribution in [0.25, 0.3) is 0 Å². The molecule has 33 heavy (non-hydrogen) atoms. The Morgan fingerprint density at radius 2 is 1.82 bits per heavy atom. The van der Waals surface area contributed by atoms with E-state index in [2.05, 4.69) is 34.2 Å². The van der Waals surface area contributed by atoms with Crippen LogP contribution in [-0.4, -0.2) is 28.8 Å². The number of anilines is 1. The molecule has 2 aromatic carbocycles. The van der Waals surface area contributed by atoms with Gasteiger partial charge in [-0.25, -0.2) is 4.79 Å². The molecule has 168 valence electrons. The highest BCUT2D eigenvalue weighted by Gasteiger charge is 2.14. The second-order valence-corrected chi connectivity index (χ2v) is 7.35. The summed E-state index contributed by atoms with van der Waals surface area (Å²) in [5.41, 5.74) is 2.78. The molecule has 0 radical (unpaired) electrons. The van der Waals surface area contributed by atoms with Crippen molar-refractivity contribution in [1.29, 1.82) is 0 Å². The molecule has 2 aromatic heterocycles. The summed E-state index contributed by atoms with van der Waals surface area (Å²) in [5.74, 6) is 0.830. The standard InChI is InChI=1S/C25H23N3O5/c1-17-5-3-4-6-19(17)15-28-14-13-23(27-28)26-24(29)22-12-11-21(33-22)16-32-20-9-7-18(8-10-20)25(30)31-2/h3-14H,15-16H2,1-2H3,(H,26,27,29). The molecule has 1 amide bonds. The number of amides is 1. The number of esters is 1. The van der Waals surface area contributed by atoms with Gasteiger partial charge in [-0.3, -0.25) is 9.48 Å². The van der Waals surface area contributed by atoms with Crippen LogP contribution in [0.15, 0.2) is 77.3 Å². The van der Waals surface area contributed by atoms with E-state index in [1.54, 1.807) is 47.1 Å². The molecule has 2 heterocycles. The molecule has 0 aliphatic heterocycles. The van der Waals surface area contributed by atoms with E-state index in [0.717, 1.165) is 5.56 Å². The Morgan fingerprint density at radius 3 is 2.58 bits per heavy atom. The van der Waals surface area contributed by atoms with Gasteiger partial charge in [0.25, 0.3) is 5.91 Å². The summed E-state index contributed by atoms with van der Waals surface area (Å²) < 4.78 is 17.7. The predicted octanol–water partition coefficient (Wildman–Crippen LogP) is 4.45. The first-order chi connectivity index (χ1) is 16.0. The molecule has 0 saturated heterocycles. The average Bonchev–Trinajstić information content (AvgIpc) is 3.49. The highest BCUT2D eigenvalue weighted by atomic mass is 16.5. The molecule has 0 spiro atoms. The number of rotatable bonds is 8. The number of furan rings is 1. The average molecular weight is 445 g/mol. The number of carbonyl (C=O) groups is 2. The van der Waals surface area contributed by atoms with E-state index in [1.807, 2.05) is 18.3 Å². The predicted molar refractivity (Wildman–Crippen MR) is 121 cm³/mol. The third-order valence-electron chi connectivity index (χ3n) is 5.02. The van der Waals surface area contributed by atoms with Crippen molar-refractivity contribution in [2.45, 2.75) is 20.1 Å². The van der Waals surface area contributed by atoms with Gasteiger partial charge < -0.3 is 19.2 Å². The molecule has 0 aliphatic carbocycles. The highest BCUT2D eigenvalue weighted by Crippen LogP contribution is 2.17. The molecule has 0 aliphatic rings. The number of nitrogens with zero attached hydrogens (tertiary/aromatic N) is 2. The minimum Gasteiger partial charge on any atom is -0.486 e. The summed E-state index contributed by atoms with van der Waals surface area (Å²) in [7, 11) is 1.33. The number of aryl methyl sites for hydroxylation is 1. The number of nitrogens with one attached hydrogen (secondary N) is 1. The van der Waals surface area contributed by atoms with Gasteiger partial charge in [0.1, 0.15) is 18.1 Å². The van der Waals surface area contributed by atoms with Crippen LogP contribution in [0.2, 0.25) is 0 Å². The van der Waals surface area contributed by atoms with Crippen LogP contribution < -0.4 is 10.1 Å². The van der Waals surface area contributed by atoms with Crippen molar-refractivity contribution in [2.24, 2.45) is 0 Å². The fourth-order valence-corrected chi connectivity index (χ4v) is 3.19. The van der Waals surface area contributed by atoms with Crippen LogP contribution in [0, 0.1) is 6.92 Å². The maximum absolute atomic E-state index is 12.5. The molecular formula is C25H23N3O5. The first-order valence-corrected chi connectivity index (χ1v) is 10.3. The normalized spacial score (nSPS) is 10.6. The van der Waals surface area contributed by atoms with Crippen molar-refractivity contribution < 1.29 is 23.5 Å². The maximum Gasteiger partial charge on any atom is 0.337 e. The second-order valence-electron chi connectivity index (χ2n) is 7.35. The van der Waals surface area contributed by atoms with Crippen molar-refractivity contribution in [3.63, 3.8) is 0 Å². The quantitative estimate of drug-likeness (QED) is 0.403. The van der Waals surface area contributed by atoms with Gasteiger partial charge >= 0.3 is 5.97 Å². The Kier molecular flexibility index (Phi) is 6.54. The van der Waals surface area contributed by atoms with Crippen LogP contribution in [0.5, 0.6) is 5.75 Å². The van der Waals surface area contributed by atoms with Gasteiger partial charge in [-0.05, 0) is 54.4 Å². The molecule has 0 bridgehead atoms. The largest absolute Gasteiger partial charge is 0.486 e. The lowest BCUT2D eigenvalue weighted by molar-refractivity contribution is 0.0600. The fourth-order valence-electron chi connectivity index (χ4n) is 3.19. The van der Waals surface area contributed by atoms with E-state index in [-0.39, 0.29) is 12.4 Å². The molecular weight excluding hydrogens is 422 g/mol. The minimum absolute atomic E-state index is 0.135. The van der Waals surface area contributed by atoms with Crippen LogP contribution >= 0.6 is 0 Å². The van der Waals surface area contributed by atoms with Crippen LogP contribution in [0.3, 0.4) is 0 Å². The first-order valence-electron chi connectivity index (χ1n) is 10.3. The van der Waals surface area contributed by atoms with E-state index in [9.17, 15) is 9.59 Å². The van der Waals surface area contributed by atoms with Crippen molar-refractivity contribution in [3.8, 4) is 5.75 Å². The Labute approximate surface area is 190 Å². The molecule has 4 aromatic rings. The molecule has 0 atom stereocenters. The number of methoxy groups -OCH3 is 1. The Balaban J connectivity index is 1.31. The summed E-state index contributed by atoms with van der Waals surface area (Å²) >= 11 is 0. The third kappa shape index (κ3) is 5.48. The van der Waals surface area contributed by atoms with Gasteiger partial charge in [0.15, 0.2) is 11.6 Å². The minimum atomic E-state index is -0.414. The SMILES string of the molecule is COC(=O)c1ccc(OCc2ccc(C(=O)Nc3ccn(Cc4ccccc4C)n3)o2)cc1. The van der Waals surface area contributed by atoms with E-state index in [0.29, 0.717) is 29.4 Å². The summed E-state index contributed by atoms with van der Waals surface area (Å²) in [4.78, 5) is 24.0. The van der Waals surface area contributed by atoms with Crippen molar-refractivity contribution in [3.05, 3.63) is 101 Å². The lowest BCUT2D eigenvalue weighted by Crippen LogP contribution is -2.12. The van der Waals surface area contributed by atoms with Gasteiger partial charge in [0, 0.05) is 12.3 Å². The smallest absolute Gasteiger partial charge is 0.337 e. The van der Waals surface area contributed by atoms with E-state index in [4.69, 9.17) is 9.15 Å². The van der Waals surface area contributed by atoms with Crippen LogP contribution in [-0.2, 0) is 17.9 Å². The summed E-state index contributed by atoms with van der Waals surface area (Å²) in [6, 6.07) is 19.6. The maximum atomic E-state index is 12.5. The topological polar surface area (TPSA) is 95.6 Å². The summed E-state index contributed by atoms with van der Waals surface area (Å²) in [5, 5.41) is 7.15. The van der Waals surface area contributed by atoms with Crippen LogP contribution in [0.4, 0.5) is 5.82 Å². The molecule has 8 heteroatoms. The zero-order chi connectivity index (χ0) is 23.2. The lowest BCUT2D eigenvalue weighted by Gasteiger charge is -2.06. The molecule has 4 rings (SSSR count). The van der Waals surface area contributed by atoms with E-state index < -0.39 is 11.9 Å². The second kappa shape index (κ2) is 9.86. The number of ether oxygens (including phenoxy) is 2. The molecule has 8 nitrogen and oxygen atoms in total. The lowest BCUT2D eigenvalue weighted by atomic mass is 10.1. The number of aromatic nitrogens is 2. The fraction of sp³-hybridized carbons (Fsp3) is 0.160. The zero-order valence-corrected chi connectivity index (χ0v) is 18.3. The zero-order valence-electron chi connectivity index (χ0n) is 18.3. The number of hydrogen-bond donors (Lipinski definition) is 1. The monoisotopic (exact) mass is 445 g/mol.